The lowest BCUT2D eigenvalue weighted by Gasteiger charge is -2.16. The minimum Gasteiger partial charge on any atom is -0.304 e. The SMILES string of the molecule is CCCNC(c1cscn1)c1sccc1C. The number of nitrogens with zero attached hydrogens (tertiary/aromatic N) is 1. The van der Waals surface area contributed by atoms with E-state index >= 15 is 0 Å². The minimum atomic E-state index is 0.270. The molecule has 0 saturated heterocycles. The highest BCUT2D eigenvalue weighted by molar-refractivity contribution is 7.10. The largest absolute Gasteiger partial charge is 0.304 e. The molecular formula is C12H16N2S2. The fourth-order valence-electron chi connectivity index (χ4n) is 1.66. The van der Waals surface area contributed by atoms with Crippen LogP contribution in [0.4, 0.5) is 0 Å². The first-order chi connectivity index (χ1) is 7.83. The van der Waals surface area contributed by atoms with Crippen LogP contribution in [0, 0.1) is 6.92 Å². The number of aryl methyl sites for hydroxylation is 1. The lowest BCUT2D eigenvalue weighted by molar-refractivity contribution is 0.594. The van der Waals surface area contributed by atoms with Crippen LogP contribution in [0.1, 0.15) is 35.5 Å². The number of thiazole rings is 1. The molecule has 1 unspecified atom stereocenters. The summed E-state index contributed by atoms with van der Waals surface area (Å²) in [6.45, 7) is 5.38. The van der Waals surface area contributed by atoms with Gasteiger partial charge >= 0.3 is 0 Å². The Kier molecular flexibility index (Phi) is 4.09. The molecule has 4 heteroatoms. The van der Waals surface area contributed by atoms with Crippen LogP contribution in [-0.2, 0) is 0 Å². The van der Waals surface area contributed by atoms with Crippen molar-refractivity contribution in [1.29, 1.82) is 0 Å². The van der Waals surface area contributed by atoms with Crippen LogP contribution in [-0.4, -0.2) is 11.5 Å². The third kappa shape index (κ3) is 2.51. The molecule has 0 radical (unpaired) electrons. The molecule has 0 aliphatic carbocycles. The van der Waals surface area contributed by atoms with Crippen LogP contribution < -0.4 is 5.32 Å². The van der Waals surface area contributed by atoms with E-state index in [4.69, 9.17) is 0 Å². The Balaban J connectivity index is 2.25. The van der Waals surface area contributed by atoms with Crippen molar-refractivity contribution in [3.05, 3.63) is 38.5 Å². The van der Waals surface area contributed by atoms with E-state index in [1.165, 1.54) is 10.4 Å². The molecule has 2 aromatic heterocycles. The lowest BCUT2D eigenvalue weighted by Crippen LogP contribution is -2.23. The minimum absolute atomic E-state index is 0.270. The fourth-order valence-corrected chi connectivity index (χ4v) is 3.26. The summed E-state index contributed by atoms with van der Waals surface area (Å²) < 4.78 is 0. The van der Waals surface area contributed by atoms with Gasteiger partial charge in [-0.2, -0.15) is 0 Å². The molecule has 2 aromatic rings. The van der Waals surface area contributed by atoms with E-state index in [0.29, 0.717) is 0 Å². The van der Waals surface area contributed by atoms with E-state index in [1.54, 1.807) is 11.3 Å². The van der Waals surface area contributed by atoms with Gasteiger partial charge < -0.3 is 5.32 Å². The van der Waals surface area contributed by atoms with Crippen molar-refractivity contribution < 1.29 is 0 Å². The molecule has 16 heavy (non-hydrogen) atoms. The number of thiophene rings is 1. The standard InChI is InChI=1S/C12H16N2S2/c1-3-5-13-11(10-7-15-8-14-10)12-9(2)4-6-16-12/h4,6-8,11,13H,3,5H2,1-2H3. The molecule has 0 aliphatic rings. The van der Waals surface area contributed by atoms with E-state index in [2.05, 4.69) is 41.0 Å². The van der Waals surface area contributed by atoms with Crippen molar-refractivity contribution in [1.82, 2.24) is 10.3 Å². The van der Waals surface area contributed by atoms with Crippen LogP contribution in [0.2, 0.25) is 0 Å². The van der Waals surface area contributed by atoms with E-state index in [1.807, 2.05) is 16.8 Å². The molecule has 2 nitrogen and oxygen atoms in total. The Morgan fingerprint density at radius 1 is 1.50 bits per heavy atom. The molecule has 0 aromatic carbocycles. The average molecular weight is 252 g/mol. The molecule has 2 rings (SSSR count). The summed E-state index contributed by atoms with van der Waals surface area (Å²) >= 11 is 3.47. The van der Waals surface area contributed by atoms with E-state index in [9.17, 15) is 0 Å². The first-order valence-electron chi connectivity index (χ1n) is 5.48. The summed E-state index contributed by atoms with van der Waals surface area (Å²) in [6.07, 6.45) is 1.14. The lowest BCUT2D eigenvalue weighted by atomic mass is 10.1. The molecular weight excluding hydrogens is 236 g/mol. The molecule has 0 amide bonds. The topological polar surface area (TPSA) is 24.9 Å². The summed E-state index contributed by atoms with van der Waals surface area (Å²) in [5.74, 6) is 0. The van der Waals surface area contributed by atoms with Gasteiger partial charge in [-0.3, -0.25) is 0 Å². The van der Waals surface area contributed by atoms with Crippen molar-refractivity contribution in [2.45, 2.75) is 26.3 Å². The first kappa shape index (κ1) is 11.8. The van der Waals surface area contributed by atoms with Gasteiger partial charge in [0.2, 0.25) is 0 Å². The van der Waals surface area contributed by atoms with Crippen LogP contribution in [0.15, 0.2) is 22.3 Å². The number of hydrogen-bond donors (Lipinski definition) is 1. The van der Waals surface area contributed by atoms with Gasteiger partial charge in [-0.25, -0.2) is 4.98 Å². The number of nitrogens with one attached hydrogen (secondary N) is 1. The van der Waals surface area contributed by atoms with Gasteiger partial charge in [-0.05, 0) is 36.9 Å². The molecule has 1 N–H and O–H groups in total. The van der Waals surface area contributed by atoms with Crippen LogP contribution in [0.3, 0.4) is 0 Å². The highest BCUT2D eigenvalue weighted by Gasteiger charge is 2.18. The van der Waals surface area contributed by atoms with Crippen molar-refractivity contribution in [2.24, 2.45) is 0 Å². The zero-order valence-electron chi connectivity index (χ0n) is 9.56. The van der Waals surface area contributed by atoms with E-state index in [0.717, 1.165) is 18.7 Å². The van der Waals surface area contributed by atoms with Crippen molar-refractivity contribution >= 4 is 22.7 Å². The predicted octanol–water partition coefficient (Wildman–Crippen LogP) is 3.60. The maximum absolute atomic E-state index is 4.43. The Hall–Kier alpha value is -0.710. The van der Waals surface area contributed by atoms with Gasteiger partial charge in [0.25, 0.3) is 0 Å². The highest BCUT2D eigenvalue weighted by Crippen LogP contribution is 2.29. The second-order valence-corrected chi connectivity index (χ2v) is 5.43. The van der Waals surface area contributed by atoms with Crippen molar-refractivity contribution in [3.8, 4) is 0 Å². The van der Waals surface area contributed by atoms with Gasteiger partial charge in [0, 0.05) is 10.3 Å². The first-order valence-corrected chi connectivity index (χ1v) is 7.30. The number of hydrogen-bond acceptors (Lipinski definition) is 4. The van der Waals surface area contributed by atoms with Gasteiger partial charge in [0.15, 0.2) is 0 Å². The van der Waals surface area contributed by atoms with Crippen molar-refractivity contribution in [3.63, 3.8) is 0 Å². The Bertz CT molecular complexity index is 420. The van der Waals surface area contributed by atoms with Crippen LogP contribution >= 0.6 is 22.7 Å². The molecule has 1 atom stereocenters. The average Bonchev–Trinajstić information content (AvgIpc) is 2.91. The fraction of sp³-hybridized carbons (Fsp3) is 0.417. The quantitative estimate of drug-likeness (QED) is 0.879. The molecule has 86 valence electrons. The van der Waals surface area contributed by atoms with Crippen LogP contribution in [0.25, 0.3) is 0 Å². The smallest absolute Gasteiger partial charge is 0.0856 e. The number of aromatic nitrogens is 1. The summed E-state index contributed by atoms with van der Waals surface area (Å²) in [5.41, 5.74) is 4.40. The Labute approximate surface area is 104 Å². The maximum atomic E-state index is 4.43. The highest BCUT2D eigenvalue weighted by atomic mass is 32.1. The molecule has 0 fully saturated rings. The zero-order valence-corrected chi connectivity index (χ0v) is 11.2. The summed E-state index contributed by atoms with van der Waals surface area (Å²) in [4.78, 5) is 5.82. The van der Waals surface area contributed by atoms with E-state index < -0.39 is 0 Å². The summed E-state index contributed by atoms with van der Waals surface area (Å²) in [7, 11) is 0. The van der Waals surface area contributed by atoms with E-state index in [-0.39, 0.29) is 6.04 Å². The molecule has 0 aliphatic heterocycles. The molecule has 0 bridgehead atoms. The van der Waals surface area contributed by atoms with Gasteiger partial charge in [0.05, 0.1) is 17.2 Å². The summed E-state index contributed by atoms with van der Waals surface area (Å²) in [6, 6.07) is 2.44. The molecule has 0 saturated carbocycles. The van der Waals surface area contributed by atoms with Gasteiger partial charge in [-0.15, -0.1) is 22.7 Å². The third-order valence-corrected chi connectivity index (χ3v) is 4.20. The molecule has 2 heterocycles. The third-order valence-electron chi connectivity index (χ3n) is 2.51. The molecule has 0 spiro atoms. The van der Waals surface area contributed by atoms with Crippen molar-refractivity contribution in [2.75, 3.05) is 6.54 Å². The Morgan fingerprint density at radius 2 is 2.38 bits per heavy atom. The second-order valence-electron chi connectivity index (χ2n) is 3.77. The number of rotatable bonds is 5. The van der Waals surface area contributed by atoms with Gasteiger partial charge in [0.1, 0.15) is 0 Å². The predicted molar refractivity (Wildman–Crippen MR) is 71.3 cm³/mol. The Morgan fingerprint density at radius 3 is 2.94 bits per heavy atom. The maximum Gasteiger partial charge on any atom is 0.0856 e. The second kappa shape index (κ2) is 5.57. The zero-order chi connectivity index (χ0) is 11.4. The van der Waals surface area contributed by atoms with Crippen LogP contribution in [0.5, 0.6) is 0 Å². The normalized spacial score (nSPS) is 12.9. The summed E-state index contributed by atoms with van der Waals surface area (Å²) in [5, 5.41) is 7.85. The van der Waals surface area contributed by atoms with Gasteiger partial charge in [-0.1, -0.05) is 6.92 Å². The monoisotopic (exact) mass is 252 g/mol.